The average Bonchev–Trinajstić information content (AvgIpc) is 2.67. The Morgan fingerprint density at radius 3 is 2.62 bits per heavy atom. The highest BCUT2D eigenvalue weighted by molar-refractivity contribution is 7.98. The third-order valence-corrected chi connectivity index (χ3v) is 3.02. The second-order valence-corrected chi connectivity index (χ2v) is 4.67. The van der Waals surface area contributed by atoms with Crippen LogP contribution >= 0.6 is 11.8 Å². The maximum Gasteiger partial charge on any atom is 0.324 e. The van der Waals surface area contributed by atoms with E-state index in [-0.39, 0.29) is 6.92 Å². The van der Waals surface area contributed by atoms with Crippen LogP contribution in [0.5, 0.6) is 0 Å². The summed E-state index contributed by atoms with van der Waals surface area (Å²) in [6.07, 6.45) is 3.37. The molecule has 2 N–H and O–H groups in total. The minimum absolute atomic E-state index is 0.283. The smallest absolute Gasteiger partial charge is 0.324 e. The van der Waals surface area contributed by atoms with E-state index >= 15 is 0 Å². The number of benzene rings is 1. The van der Waals surface area contributed by atoms with Gasteiger partial charge in [-0.25, -0.2) is 0 Å². The van der Waals surface area contributed by atoms with Crippen LogP contribution in [0.3, 0.4) is 0 Å². The van der Waals surface area contributed by atoms with Gasteiger partial charge in [-0.1, -0.05) is 38.0 Å². The van der Waals surface area contributed by atoms with Crippen LogP contribution in [0.15, 0.2) is 24.3 Å². The van der Waals surface area contributed by atoms with Gasteiger partial charge in [0.15, 0.2) is 0 Å². The summed E-state index contributed by atoms with van der Waals surface area (Å²) in [5.74, 6) is 0.736. The minimum Gasteiger partial charge on any atom is -0.424 e. The van der Waals surface area contributed by atoms with Crippen LogP contribution in [-0.2, 0) is 4.65 Å². The first kappa shape index (κ1) is 13.6. The Kier molecular flexibility index (Phi) is 5.95. The molecule has 0 saturated heterocycles. The van der Waals surface area contributed by atoms with Crippen molar-refractivity contribution in [2.75, 3.05) is 12.1 Å². The number of thioether (sulfide) groups is 1. The van der Waals surface area contributed by atoms with Crippen LogP contribution < -0.4 is 11.2 Å². The van der Waals surface area contributed by atoms with Crippen molar-refractivity contribution in [2.24, 2.45) is 5.73 Å². The largest absolute Gasteiger partial charge is 0.424 e. The van der Waals surface area contributed by atoms with Gasteiger partial charge < -0.3 is 10.4 Å². The SMILES string of the molecule is CC[C@H]1OB(C)c2ccccc21.CSCN. The Hall–Kier alpha value is -0.445. The summed E-state index contributed by atoms with van der Waals surface area (Å²) in [4.78, 5) is 0. The molecule has 2 rings (SSSR count). The summed E-state index contributed by atoms with van der Waals surface area (Å²) < 4.78 is 5.78. The first-order valence-corrected chi connectivity index (χ1v) is 7.07. The molecule has 1 aliphatic rings. The molecule has 1 aliphatic heterocycles. The Bertz CT molecular complexity index is 320. The Morgan fingerprint density at radius 2 is 2.06 bits per heavy atom. The van der Waals surface area contributed by atoms with Crippen LogP contribution in [0.2, 0.25) is 6.82 Å². The predicted molar refractivity (Wildman–Crippen MR) is 74.4 cm³/mol. The molecule has 0 fully saturated rings. The molecule has 4 heteroatoms. The summed E-state index contributed by atoms with van der Waals surface area (Å²) >= 11 is 1.63. The highest BCUT2D eigenvalue weighted by Crippen LogP contribution is 2.26. The molecule has 1 atom stereocenters. The van der Waals surface area contributed by atoms with Crippen LogP contribution in [0.4, 0.5) is 0 Å². The van der Waals surface area contributed by atoms with Crippen molar-refractivity contribution < 1.29 is 4.65 Å². The number of hydrogen-bond acceptors (Lipinski definition) is 3. The lowest BCUT2D eigenvalue weighted by atomic mass is 9.64. The van der Waals surface area contributed by atoms with Crippen molar-refractivity contribution in [1.82, 2.24) is 0 Å². The van der Waals surface area contributed by atoms with Gasteiger partial charge in [-0.15, -0.1) is 0 Å². The Balaban J connectivity index is 0.000000280. The normalized spacial score (nSPS) is 17.8. The van der Waals surface area contributed by atoms with E-state index in [1.54, 1.807) is 11.8 Å². The van der Waals surface area contributed by atoms with Gasteiger partial charge in [0, 0.05) is 5.88 Å². The van der Waals surface area contributed by atoms with Gasteiger partial charge in [-0.2, -0.15) is 11.8 Å². The third-order valence-electron chi connectivity index (χ3n) is 2.69. The van der Waals surface area contributed by atoms with E-state index < -0.39 is 0 Å². The van der Waals surface area contributed by atoms with Gasteiger partial charge in [0.25, 0.3) is 0 Å². The summed E-state index contributed by atoms with van der Waals surface area (Å²) in [5.41, 5.74) is 7.74. The van der Waals surface area contributed by atoms with Gasteiger partial charge in [-0.05, 0) is 23.7 Å². The van der Waals surface area contributed by atoms with Crippen LogP contribution in [0, 0.1) is 0 Å². The lowest BCUT2D eigenvalue weighted by Crippen LogP contribution is -2.23. The highest BCUT2D eigenvalue weighted by atomic mass is 32.2. The average molecular weight is 237 g/mol. The first-order valence-electron chi connectivity index (χ1n) is 5.67. The van der Waals surface area contributed by atoms with E-state index in [1.807, 2.05) is 6.26 Å². The van der Waals surface area contributed by atoms with E-state index in [9.17, 15) is 0 Å². The number of fused-ring (bicyclic) bond motifs is 1. The number of nitrogens with two attached hydrogens (primary N) is 1. The lowest BCUT2D eigenvalue weighted by Gasteiger charge is -2.08. The zero-order valence-electron chi connectivity index (χ0n) is 10.3. The second-order valence-electron chi connectivity index (χ2n) is 3.76. The highest BCUT2D eigenvalue weighted by Gasteiger charge is 2.29. The van der Waals surface area contributed by atoms with Crippen molar-refractivity contribution in [3.63, 3.8) is 0 Å². The zero-order valence-corrected chi connectivity index (χ0v) is 11.1. The van der Waals surface area contributed by atoms with E-state index in [0.29, 0.717) is 6.10 Å². The van der Waals surface area contributed by atoms with Gasteiger partial charge in [0.1, 0.15) is 0 Å². The van der Waals surface area contributed by atoms with E-state index in [4.69, 9.17) is 10.4 Å². The molecule has 1 aromatic carbocycles. The van der Waals surface area contributed by atoms with Crippen LogP contribution in [0.1, 0.15) is 25.0 Å². The fourth-order valence-corrected chi connectivity index (χ4v) is 1.88. The summed E-state index contributed by atoms with van der Waals surface area (Å²) in [6, 6.07) is 8.50. The van der Waals surface area contributed by atoms with Crippen molar-refractivity contribution in [3.8, 4) is 0 Å². The molecule has 2 nitrogen and oxygen atoms in total. The topological polar surface area (TPSA) is 35.2 Å². The third kappa shape index (κ3) is 3.27. The van der Waals surface area contributed by atoms with Gasteiger partial charge in [0.2, 0.25) is 0 Å². The molecule has 0 radical (unpaired) electrons. The summed E-state index contributed by atoms with van der Waals surface area (Å²) in [6.45, 7) is 4.57. The van der Waals surface area contributed by atoms with Gasteiger partial charge >= 0.3 is 6.92 Å². The molecule has 16 heavy (non-hydrogen) atoms. The molecule has 1 aromatic rings. The monoisotopic (exact) mass is 237 g/mol. The first-order chi connectivity index (χ1) is 7.74. The van der Waals surface area contributed by atoms with Crippen molar-refractivity contribution in [2.45, 2.75) is 26.3 Å². The number of hydrogen-bond donors (Lipinski definition) is 1. The fourth-order valence-electron chi connectivity index (χ4n) is 1.88. The summed E-state index contributed by atoms with van der Waals surface area (Å²) in [5, 5.41) is 0. The van der Waals surface area contributed by atoms with Crippen molar-refractivity contribution >= 4 is 24.1 Å². The quantitative estimate of drug-likeness (QED) is 0.633. The molecule has 0 bridgehead atoms. The number of rotatable bonds is 2. The molecule has 1 heterocycles. The summed E-state index contributed by atoms with van der Waals surface area (Å²) in [7, 11) is 0. The van der Waals surface area contributed by atoms with Crippen LogP contribution in [-0.4, -0.2) is 19.0 Å². The fraction of sp³-hybridized carbons (Fsp3) is 0.500. The van der Waals surface area contributed by atoms with E-state index in [2.05, 4.69) is 38.0 Å². The minimum atomic E-state index is 0.283. The molecule has 0 aliphatic carbocycles. The van der Waals surface area contributed by atoms with E-state index in [0.717, 1.165) is 12.3 Å². The van der Waals surface area contributed by atoms with Gasteiger partial charge in [-0.3, -0.25) is 0 Å². The van der Waals surface area contributed by atoms with Crippen molar-refractivity contribution in [3.05, 3.63) is 29.8 Å². The van der Waals surface area contributed by atoms with Crippen LogP contribution in [0.25, 0.3) is 0 Å². The molecule has 0 spiro atoms. The van der Waals surface area contributed by atoms with E-state index in [1.165, 1.54) is 11.0 Å². The molecule has 0 saturated carbocycles. The Morgan fingerprint density at radius 1 is 1.44 bits per heavy atom. The predicted octanol–water partition coefficient (Wildman–Crippen LogP) is 2.26. The molecule has 0 amide bonds. The molecular weight excluding hydrogens is 217 g/mol. The van der Waals surface area contributed by atoms with Gasteiger partial charge in [0.05, 0.1) is 6.10 Å². The second kappa shape index (κ2) is 6.99. The molecule has 0 aromatic heterocycles. The Labute approximate surface area is 103 Å². The maximum absolute atomic E-state index is 5.78. The van der Waals surface area contributed by atoms with Crippen molar-refractivity contribution in [1.29, 1.82) is 0 Å². The zero-order chi connectivity index (χ0) is 12.0. The molecule has 88 valence electrons. The lowest BCUT2D eigenvalue weighted by molar-refractivity contribution is 0.221. The maximum atomic E-state index is 5.78. The standard InChI is InChI=1S/C10H13BO.C2H7NS/c1-3-10-8-6-4-5-7-9(8)11(2)12-10;1-4-2-3/h4-7,10H,3H2,1-2H3;2-3H2,1H3/t10-;/m1./s1. The molecule has 0 unspecified atom stereocenters. The molecular formula is C12H20BNOS.